The van der Waals surface area contributed by atoms with E-state index in [9.17, 15) is 9.59 Å². The highest BCUT2D eigenvalue weighted by molar-refractivity contribution is 6.00. The highest BCUT2D eigenvalue weighted by Crippen LogP contribution is 2.23. The van der Waals surface area contributed by atoms with Crippen LogP contribution < -0.4 is 5.73 Å². The van der Waals surface area contributed by atoms with Gasteiger partial charge in [0.15, 0.2) is 0 Å². The highest BCUT2D eigenvalue weighted by atomic mass is 16.5. The summed E-state index contributed by atoms with van der Waals surface area (Å²) >= 11 is 0. The Morgan fingerprint density at radius 3 is 2.78 bits per heavy atom. The number of nitrogens with two attached hydrogens (primary N) is 1. The Balaban J connectivity index is 1.92. The molecular formula is C17H19N3O3. The molecule has 1 aromatic heterocycles. The molecular weight excluding hydrogens is 294 g/mol. The first-order chi connectivity index (χ1) is 11.0. The van der Waals surface area contributed by atoms with Crippen LogP contribution in [0.25, 0.3) is 10.9 Å². The van der Waals surface area contributed by atoms with E-state index in [1.807, 2.05) is 25.1 Å². The smallest absolute Gasteiger partial charge is 0.254 e. The molecule has 1 saturated heterocycles. The lowest BCUT2D eigenvalue weighted by atomic mass is 10.1. The first-order valence-corrected chi connectivity index (χ1v) is 7.50. The van der Waals surface area contributed by atoms with Gasteiger partial charge < -0.3 is 15.4 Å². The standard InChI is InChI=1S/C17H19N3O3/c1-10-3-4-11-7-12(5-6-14(11)19-10)17(22)20-9-13(23-2)8-15(20)16(18)21/h3-7,13,15H,8-9H2,1-2H3,(H2,18,21)/t13-,15-/m0/s1. The van der Waals surface area contributed by atoms with E-state index in [0.29, 0.717) is 18.5 Å². The third-order valence-corrected chi connectivity index (χ3v) is 4.26. The number of hydrogen-bond acceptors (Lipinski definition) is 4. The van der Waals surface area contributed by atoms with Gasteiger partial charge in [-0.2, -0.15) is 0 Å². The van der Waals surface area contributed by atoms with Crippen molar-refractivity contribution < 1.29 is 14.3 Å². The fourth-order valence-electron chi connectivity index (χ4n) is 2.99. The number of hydrogen-bond donors (Lipinski definition) is 1. The normalized spacial score (nSPS) is 20.9. The van der Waals surface area contributed by atoms with Gasteiger partial charge in [-0.05, 0) is 31.2 Å². The SMILES string of the molecule is CO[C@H]1C[C@@H](C(N)=O)N(C(=O)c2ccc3nc(C)ccc3c2)C1. The number of carbonyl (C=O) groups excluding carboxylic acids is 2. The van der Waals surface area contributed by atoms with Gasteiger partial charge in [-0.25, -0.2) is 0 Å². The van der Waals surface area contributed by atoms with Crippen molar-refractivity contribution in [2.45, 2.75) is 25.5 Å². The van der Waals surface area contributed by atoms with Crippen LogP contribution in [0.5, 0.6) is 0 Å². The number of likely N-dealkylation sites (tertiary alicyclic amines) is 1. The Bertz CT molecular complexity index is 775. The van der Waals surface area contributed by atoms with E-state index in [-0.39, 0.29) is 12.0 Å². The summed E-state index contributed by atoms with van der Waals surface area (Å²) in [4.78, 5) is 30.3. The summed E-state index contributed by atoms with van der Waals surface area (Å²) in [6.07, 6.45) is 0.271. The van der Waals surface area contributed by atoms with Gasteiger partial charge in [-0.15, -0.1) is 0 Å². The molecule has 1 aliphatic heterocycles. The summed E-state index contributed by atoms with van der Waals surface area (Å²) < 4.78 is 5.28. The quantitative estimate of drug-likeness (QED) is 0.924. The molecule has 2 aromatic rings. The lowest BCUT2D eigenvalue weighted by Gasteiger charge is -2.22. The van der Waals surface area contributed by atoms with Crippen molar-refractivity contribution in [3.05, 3.63) is 41.6 Å². The fourth-order valence-corrected chi connectivity index (χ4v) is 2.99. The number of aromatic nitrogens is 1. The molecule has 1 aliphatic rings. The molecule has 3 rings (SSSR count). The number of fused-ring (bicyclic) bond motifs is 1. The fraction of sp³-hybridized carbons (Fsp3) is 0.353. The van der Waals surface area contributed by atoms with Crippen molar-refractivity contribution in [1.82, 2.24) is 9.88 Å². The summed E-state index contributed by atoms with van der Waals surface area (Å²) in [5.41, 5.74) is 7.71. The molecule has 0 aliphatic carbocycles. The van der Waals surface area contributed by atoms with Crippen molar-refractivity contribution in [2.75, 3.05) is 13.7 Å². The minimum absolute atomic E-state index is 0.166. The number of pyridine rings is 1. The molecule has 1 fully saturated rings. The number of rotatable bonds is 3. The summed E-state index contributed by atoms with van der Waals surface area (Å²) in [7, 11) is 1.57. The molecule has 0 unspecified atom stereocenters. The third-order valence-electron chi connectivity index (χ3n) is 4.26. The number of primary amides is 1. The average Bonchev–Trinajstić information content (AvgIpc) is 2.98. The Labute approximate surface area is 134 Å². The van der Waals surface area contributed by atoms with Gasteiger partial charge in [-0.1, -0.05) is 6.07 Å². The molecule has 2 amide bonds. The van der Waals surface area contributed by atoms with Gasteiger partial charge in [0, 0.05) is 36.7 Å². The molecule has 2 heterocycles. The number of benzene rings is 1. The largest absolute Gasteiger partial charge is 0.380 e. The van der Waals surface area contributed by atoms with E-state index in [2.05, 4.69) is 4.98 Å². The molecule has 6 heteroatoms. The zero-order valence-electron chi connectivity index (χ0n) is 13.2. The maximum absolute atomic E-state index is 12.8. The highest BCUT2D eigenvalue weighted by Gasteiger charge is 2.39. The molecule has 1 aromatic carbocycles. The van der Waals surface area contributed by atoms with Gasteiger partial charge in [0.2, 0.25) is 5.91 Å². The molecule has 2 N–H and O–H groups in total. The van der Waals surface area contributed by atoms with Gasteiger partial charge in [0.25, 0.3) is 5.91 Å². The monoisotopic (exact) mass is 313 g/mol. The number of methoxy groups -OCH3 is 1. The summed E-state index contributed by atoms with van der Waals surface area (Å²) in [6.45, 7) is 2.29. The van der Waals surface area contributed by atoms with Crippen molar-refractivity contribution in [3.63, 3.8) is 0 Å². The zero-order valence-corrected chi connectivity index (χ0v) is 13.2. The number of amides is 2. The minimum atomic E-state index is -0.626. The Morgan fingerprint density at radius 2 is 2.09 bits per heavy atom. The second kappa shape index (κ2) is 5.96. The lowest BCUT2D eigenvalue weighted by Crippen LogP contribution is -2.43. The van der Waals surface area contributed by atoms with Gasteiger partial charge >= 0.3 is 0 Å². The predicted octanol–water partition coefficient (Wildman–Crippen LogP) is 1.26. The first-order valence-electron chi connectivity index (χ1n) is 7.50. The van der Waals surface area contributed by atoms with Crippen LogP contribution in [0.1, 0.15) is 22.5 Å². The topological polar surface area (TPSA) is 85.5 Å². The molecule has 2 atom stereocenters. The average molecular weight is 313 g/mol. The molecule has 0 spiro atoms. The number of ether oxygens (including phenoxy) is 1. The molecule has 0 bridgehead atoms. The van der Waals surface area contributed by atoms with E-state index < -0.39 is 11.9 Å². The minimum Gasteiger partial charge on any atom is -0.380 e. The first kappa shape index (κ1) is 15.4. The van der Waals surface area contributed by atoms with Crippen LogP contribution in [0.4, 0.5) is 0 Å². The van der Waals surface area contributed by atoms with E-state index in [1.54, 1.807) is 19.2 Å². The maximum Gasteiger partial charge on any atom is 0.254 e. The van der Waals surface area contributed by atoms with Gasteiger partial charge in [0.05, 0.1) is 11.6 Å². The van der Waals surface area contributed by atoms with Gasteiger partial charge in [0.1, 0.15) is 6.04 Å². The molecule has 0 radical (unpaired) electrons. The Morgan fingerprint density at radius 1 is 1.30 bits per heavy atom. The number of aryl methyl sites for hydroxylation is 1. The van der Waals surface area contributed by atoms with Crippen LogP contribution in [0.3, 0.4) is 0 Å². The Kier molecular flexibility index (Phi) is 4.00. The third kappa shape index (κ3) is 2.90. The van der Waals surface area contributed by atoms with Crippen LogP contribution in [0.15, 0.2) is 30.3 Å². The van der Waals surface area contributed by atoms with E-state index >= 15 is 0 Å². The van der Waals surface area contributed by atoms with Crippen molar-refractivity contribution in [1.29, 1.82) is 0 Å². The van der Waals surface area contributed by atoms with Crippen molar-refractivity contribution >= 4 is 22.7 Å². The van der Waals surface area contributed by atoms with Crippen molar-refractivity contribution in [2.24, 2.45) is 5.73 Å². The lowest BCUT2D eigenvalue weighted by molar-refractivity contribution is -0.121. The van der Waals surface area contributed by atoms with Crippen LogP contribution in [0, 0.1) is 6.92 Å². The predicted molar refractivity (Wildman–Crippen MR) is 85.9 cm³/mol. The van der Waals surface area contributed by atoms with E-state index in [0.717, 1.165) is 16.6 Å². The van der Waals surface area contributed by atoms with E-state index in [4.69, 9.17) is 10.5 Å². The van der Waals surface area contributed by atoms with Gasteiger partial charge in [-0.3, -0.25) is 14.6 Å². The maximum atomic E-state index is 12.8. The van der Waals surface area contributed by atoms with Crippen molar-refractivity contribution in [3.8, 4) is 0 Å². The van der Waals surface area contributed by atoms with Crippen LogP contribution in [-0.2, 0) is 9.53 Å². The van der Waals surface area contributed by atoms with Crippen LogP contribution >= 0.6 is 0 Å². The van der Waals surface area contributed by atoms with E-state index in [1.165, 1.54) is 4.90 Å². The summed E-state index contributed by atoms with van der Waals surface area (Å²) in [5.74, 6) is -0.716. The second-order valence-corrected chi connectivity index (χ2v) is 5.83. The summed E-state index contributed by atoms with van der Waals surface area (Å²) in [5, 5.41) is 0.888. The molecule has 120 valence electrons. The molecule has 6 nitrogen and oxygen atoms in total. The van der Waals surface area contributed by atoms with Crippen LogP contribution in [0.2, 0.25) is 0 Å². The Hall–Kier alpha value is -2.47. The second-order valence-electron chi connectivity index (χ2n) is 5.83. The van der Waals surface area contributed by atoms with Crippen LogP contribution in [-0.4, -0.2) is 47.5 Å². The molecule has 0 saturated carbocycles. The molecule has 23 heavy (non-hydrogen) atoms. The number of nitrogens with zero attached hydrogens (tertiary/aromatic N) is 2. The number of carbonyl (C=O) groups is 2. The zero-order chi connectivity index (χ0) is 16.6. The summed E-state index contributed by atoms with van der Waals surface area (Å²) in [6, 6.07) is 8.55.